The summed E-state index contributed by atoms with van der Waals surface area (Å²) >= 11 is 0. The van der Waals surface area contributed by atoms with Crippen LogP contribution in [0.5, 0.6) is 0 Å². The molecule has 5 nitrogen and oxygen atoms in total. The average molecular weight is 681 g/mol. The molecule has 0 aliphatic rings. The van der Waals surface area contributed by atoms with Crippen molar-refractivity contribution in [1.29, 1.82) is 0 Å². The number of aromatic nitrogens is 4. The van der Waals surface area contributed by atoms with Gasteiger partial charge >= 0.3 is 0 Å². The number of benzene rings is 5. The molecule has 0 N–H and O–H groups in total. The molecule has 0 spiro atoms. The van der Waals surface area contributed by atoms with Crippen molar-refractivity contribution in [2.24, 2.45) is 0 Å². The number of imidazole rings is 1. The van der Waals surface area contributed by atoms with E-state index in [1.165, 1.54) is 11.1 Å². The van der Waals surface area contributed by atoms with Crippen molar-refractivity contribution < 1.29 is 11.7 Å². The highest BCUT2D eigenvalue weighted by atomic mass is 16.3. The molecule has 4 aromatic heterocycles. The molecule has 0 radical (unpaired) electrons. The molecule has 0 bridgehead atoms. The highest BCUT2D eigenvalue weighted by Gasteiger charge is 2.23. The summed E-state index contributed by atoms with van der Waals surface area (Å²) in [6.45, 7) is 13.5. The molecule has 0 fully saturated rings. The number of para-hydroxylation sites is 3. The van der Waals surface area contributed by atoms with E-state index in [0.29, 0.717) is 22.5 Å². The predicted molar refractivity (Wildman–Crippen MR) is 212 cm³/mol. The minimum atomic E-state index is -1.82. The minimum absolute atomic E-state index is 0.0329. The molecule has 0 unspecified atom stereocenters. The van der Waals surface area contributed by atoms with Gasteiger partial charge < -0.3 is 4.42 Å². The molecular weight excluding hydrogens is 637 g/mol. The van der Waals surface area contributed by atoms with Crippen molar-refractivity contribution in [1.82, 2.24) is 14.1 Å². The van der Waals surface area contributed by atoms with Gasteiger partial charge in [-0.1, -0.05) is 114 Å². The third-order valence-electron chi connectivity index (χ3n) is 10.1. The van der Waals surface area contributed by atoms with Crippen molar-refractivity contribution >= 4 is 43.8 Å². The van der Waals surface area contributed by atoms with Crippen LogP contribution < -0.4 is 4.57 Å². The number of hydrogen-bond acceptors (Lipinski definition) is 2. The van der Waals surface area contributed by atoms with Crippen LogP contribution in [0.1, 0.15) is 66.5 Å². The molecule has 9 aromatic rings. The maximum Gasteiger partial charge on any atom is 0.269 e. The van der Waals surface area contributed by atoms with E-state index in [9.17, 15) is 2.74 Å². The molecule has 256 valence electrons. The third-order valence-corrected chi connectivity index (χ3v) is 10.1. The topological polar surface area (TPSA) is 39.8 Å². The number of rotatable bonds is 5. The van der Waals surface area contributed by atoms with Crippen molar-refractivity contribution in [3.05, 3.63) is 162 Å². The van der Waals surface area contributed by atoms with E-state index in [0.717, 1.165) is 49.6 Å². The van der Waals surface area contributed by atoms with Gasteiger partial charge in [-0.05, 0) is 88.0 Å². The Labute approximate surface area is 307 Å². The summed E-state index contributed by atoms with van der Waals surface area (Å²) in [7, 11) is 0. The quantitative estimate of drug-likeness (QED) is 0.134. The largest absolute Gasteiger partial charge is 0.460 e. The Morgan fingerprint density at radius 3 is 2.19 bits per heavy atom. The van der Waals surface area contributed by atoms with Crippen LogP contribution in [0.2, 0.25) is 0 Å². The molecule has 0 saturated heterocycles. The molecule has 0 aliphatic carbocycles. The van der Waals surface area contributed by atoms with Crippen LogP contribution in [-0.4, -0.2) is 14.1 Å². The van der Waals surface area contributed by atoms with E-state index in [4.69, 9.17) is 9.40 Å². The zero-order chi connectivity index (χ0) is 37.6. The van der Waals surface area contributed by atoms with Crippen molar-refractivity contribution in [2.75, 3.05) is 0 Å². The van der Waals surface area contributed by atoms with Gasteiger partial charge in [0.05, 0.1) is 39.7 Å². The molecule has 4 heterocycles. The van der Waals surface area contributed by atoms with Crippen LogP contribution in [0.4, 0.5) is 0 Å². The Balaban J connectivity index is 1.18. The summed E-state index contributed by atoms with van der Waals surface area (Å²) in [5.74, 6) is 0.675. The van der Waals surface area contributed by atoms with Crippen molar-refractivity contribution in [3.63, 3.8) is 0 Å². The second-order valence-corrected chi connectivity index (χ2v) is 15.8. The van der Waals surface area contributed by atoms with Crippen molar-refractivity contribution in [3.8, 4) is 17.2 Å². The number of pyridine rings is 1. The first-order chi connectivity index (χ1) is 25.8. The Kier molecular flexibility index (Phi) is 6.76. The van der Waals surface area contributed by atoms with Gasteiger partial charge in [0, 0.05) is 25.1 Å². The number of furan rings is 1. The summed E-state index contributed by atoms with van der Waals surface area (Å²) < 4.78 is 31.5. The van der Waals surface area contributed by atoms with Crippen LogP contribution in [0, 0.1) is 6.33 Å². The smallest absolute Gasteiger partial charge is 0.269 e. The maximum absolute atomic E-state index is 9.62. The third kappa shape index (κ3) is 5.39. The van der Waals surface area contributed by atoms with Crippen LogP contribution in [0.15, 0.2) is 138 Å². The van der Waals surface area contributed by atoms with E-state index in [2.05, 4.69) is 106 Å². The molecule has 0 aliphatic heterocycles. The van der Waals surface area contributed by atoms with E-state index in [1.807, 2.05) is 77.4 Å². The molecule has 0 atom stereocenters. The van der Waals surface area contributed by atoms with Crippen LogP contribution >= 0.6 is 0 Å². The lowest BCUT2D eigenvalue weighted by molar-refractivity contribution is -0.572. The molecule has 52 heavy (non-hydrogen) atoms. The second-order valence-electron chi connectivity index (χ2n) is 15.8. The standard InChI is InChI=1S/C47H42N4O/c1-46(2,3)34-27-35(47(4,5)6)29-37(28-34)50-30-49(41-16-9-10-17-42(41)50)36-13-11-12-31(25-36)24-32-18-19-39-38-14-7-8-15-40(38)51(43(39)26-32)45-44-33(20-22-48-45)21-23-52-44/h7-23,25-29H,24H2,1-6H3/i24D2. The molecule has 0 amide bonds. The van der Waals surface area contributed by atoms with E-state index in [-0.39, 0.29) is 10.8 Å². The number of nitrogens with zero attached hydrogens (tertiary/aromatic N) is 4. The van der Waals surface area contributed by atoms with Gasteiger partial charge in [0.1, 0.15) is 0 Å². The Hall–Kier alpha value is -5.94. The van der Waals surface area contributed by atoms with Gasteiger partial charge in [-0.3, -0.25) is 13.7 Å². The summed E-state index contributed by atoms with van der Waals surface area (Å²) in [4.78, 5) is 4.77. The normalized spacial score (nSPS) is 13.3. The number of fused-ring (bicyclic) bond motifs is 5. The highest BCUT2D eigenvalue weighted by molar-refractivity contribution is 6.10. The molecule has 5 heteroatoms. The van der Waals surface area contributed by atoms with Gasteiger partial charge in [0.15, 0.2) is 11.4 Å². The maximum atomic E-state index is 9.62. The molecule has 9 rings (SSSR count). The Morgan fingerprint density at radius 2 is 1.40 bits per heavy atom. The molecular formula is C47H42N4O. The van der Waals surface area contributed by atoms with Crippen LogP contribution in [0.25, 0.3) is 61.0 Å². The van der Waals surface area contributed by atoms with Crippen molar-refractivity contribution in [2.45, 2.75) is 58.7 Å². The van der Waals surface area contributed by atoms with E-state index >= 15 is 0 Å². The Bertz CT molecular complexity index is 2860. The average Bonchev–Trinajstić information content (AvgIpc) is 3.88. The van der Waals surface area contributed by atoms with E-state index in [1.54, 1.807) is 12.5 Å². The monoisotopic (exact) mass is 680 g/mol. The van der Waals surface area contributed by atoms with Gasteiger partial charge in [0.2, 0.25) is 0 Å². The zero-order valence-electron chi connectivity index (χ0n) is 32.4. The SMILES string of the molecule is [2H]C([2H])(c1cccc(-n2[c-][n+](-c3cc(C(C)(C)C)cc(C(C)(C)C)c3)c3ccccc32)c1)c1ccc2c3ccccc3n(-c3nccc4ccoc34)c2c1. The lowest BCUT2D eigenvalue weighted by atomic mass is 9.80. The summed E-state index contributed by atoms with van der Waals surface area (Å²) in [6, 6.07) is 41.0. The molecule has 5 aromatic carbocycles. The van der Waals surface area contributed by atoms with Crippen LogP contribution in [-0.2, 0) is 17.2 Å². The highest BCUT2D eigenvalue weighted by Crippen LogP contribution is 2.35. The Morgan fingerprint density at radius 1 is 0.692 bits per heavy atom. The fourth-order valence-corrected chi connectivity index (χ4v) is 7.25. The summed E-state index contributed by atoms with van der Waals surface area (Å²) in [5, 5.41) is 3.05. The first-order valence-corrected chi connectivity index (χ1v) is 17.9. The fourth-order valence-electron chi connectivity index (χ4n) is 7.25. The second kappa shape index (κ2) is 11.8. The van der Waals surface area contributed by atoms with Gasteiger partial charge in [-0.2, -0.15) is 0 Å². The first-order valence-electron chi connectivity index (χ1n) is 18.9. The van der Waals surface area contributed by atoms with Gasteiger partial charge in [-0.25, -0.2) is 4.98 Å². The summed E-state index contributed by atoms with van der Waals surface area (Å²) in [6.07, 6.45) is 5.32. The lowest BCUT2D eigenvalue weighted by Crippen LogP contribution is -2.31. The number of hydrogen-bond donors (Lipinski definition) is 0. The summed E-state index contributed by atoms with van der Waals surface area (Å²) in [5.41, 5.74) is 10.00. The van der Waals surface area contributed by atoms with E-state index < -0.39 is 6.37 Å². The minimum Gasteiger partial charge on any atom is -0.460 e. The lowest BCUT2D eigenvalue weighted by Gasteiger charge is -2.26. The fraction of sp³-hybridized carbons (Fsp3) is 0.191. The molecule has 0 saturated carbocycles. The zero-order valence-corrected chi connectivity index (χ0v) is 30.4. The van der Waals surface area contributed by atoms with Gasteiger partial charge in [-0.15, -0.1) is 0 Å². The van der Waals surface area contributed by atoms with Crippen LogP contribution in [0.3, 0.4) is 0 Å². The van der Waals surface area contributed by atoms with Gasteiger partial charge in [0.25, 0.3) is 6.33 Å². The predicted octanol–water partition coefficient (Wildman–Crippen LogP) is 11.1. The first kappa shape index (κ1) is 29.8.